The molecule has 1 aromatic heterocycles. The van der Waals surface area contributed by atoms with Gasteiger partial charge in [-0.25, -0.2) is 9.78 Å². The number of oxime groups is 1. The molecular formula is C40H46N4O5. The molecule has 3 aromatic carbocycles. The van der Waals surface area contributed by atoms with Crippen LogP contribution in [0.15, 0.2) is 84.0 Å². The highest BCUT2D eigenvalue weighted by atomic mass is 16.7. The van der Waals surface area contributed by atoms with E-state index in [1.165, 1.54) is 51.4 Å². The smallest absolute Gasteiger partial charge is 0.348 e. The number of imidazole rings is 1. The zero-order chi connectivity index (χ0) is 34.4. The molecule has 1 amide bonds. The van der Waals surface area contributed by atoms with Crippen LogP contribution in [0, 0.1) is 0 Å². The Balaban J connectivity index is 1.21. The van der Waals surface area contributed by atoms with Crippen LogP contribution in [0.3, 0.4) is 0 Å². The Morgan fingerprint density at radius 1 is 0.857 bits per heavy atom. The van der Waals surface area contributed by atoms with E-state index in [0.717, 1.165) is 40.8 Å². The first-order chi connectivity index (χ1) is 23.9. The van der Waals surface area contributed by atoms with Gasteiger partial charge < -0.3 is 25.4 Å². The first-order valence-corrected chi connectivity index (χ1v) is 17.4. The summed E-state index contributed by atoms with van der Waals surface area (Å²) in [6.45, 7) is 2.93. The molecule has 0 aliphatic carbocycles. The fourth-order valence-corrected chi connectivity index (χ4v) is 5.91. The number of H-pyrrole nitrogens is 1. The molecule has 1 atom stereocenters. The van der Waals surface area contributed by atoms with Gasteiger partial charge in [0.25, 0.3) is 0 Å². The van der Waals surface area contributed by atoms with Crippen LogP contribution in [0.1, 0.15) is 88.7 Å². The van der Waals surface area contributed by atoms with E-state index in [2.05, 4.69) is 22.4 Å². The molecule has 5 rings (SSSR count). The van der Waals surface area contributed by atoms with Crippen LogP contribution in [0.2, 0.25) is 0 Å². The Hall–Kier alpha value is -5.18. The number of carbonyl (C=O) groups is 2. The molecule has 0 fully saturated rings. The maximum absolute atomic E-state index is 12.4. The number of rotatable bonds is 18. The van der Waals surface area contributed by atoms with Crippen LogP contribution in [-0.4, -0.2) is 50.4 Å². The topological polar surface area (TPSA) is 137 Å². The number of nitrogens with zero attached hydrogens (tertiary/aromatic N) is 2. The molecule has 4 aromatic rings. The van der Waals surface area contributed by atoms with Crippen LogP contribution in [0.4, 0.5) is 0 Å². The van der Waals surface area contributed by atoms with E-state index in [4.69, 9.17) is 9.82 Å². The van der Waals surface area contributed by atoms with Crippen molar-refractivity contribution < 1.29 is 24.6 Å². The number of carboxylic acids is 1. The summed E-state index contributed by atoms with van der Waals surface area (Å²) in [6, 6.07) is 22.4. The predicted octanol–water partition coefficient (Wildman–Crippen LogP) is 8.74. The van der Waals surface area contributed by atoms with E-state index in [9.17, 15) is 19.8 Å². The second-order valence-electron chi connectivity index (χ2n) is 12.5. The number of unbranched alkanes of at least 4 members (excludes halogenated alkanes) is 9. The maximum Gasteiger partial charge on any atom is 0.348 e. The van der Waals surface area contributed by atoms with Gasteiger partial charge in [-0.15, -0.1) is 0 Å². The Morgan fingerprint density at radius 3 is 2.14 bits per heavy atom. The lowest BCUT2D eigenvalue weighted by atomic mass is 10.00. The van der Waals surface area contributed by atoms with Gasteiger partial charge in [0, 0.05) is 30.2 Å². The lowest BCUT2D eigenvalue weighted by molar-refractivity contribution is -0.148. The second-order valence-corrected chi connectivity index (χ2v) is 12.5. The van der Waals surface area contributed by atoms with Crippen LogP contribution in [0.5, 0.6) is 5.75 Å². The van der Waals surface area contributed by atoms with E-state index >= 15 is 0 Å². The van der Waals surface area contributed by atoms with Crippen molar-refractivity contribution in [3.8, 4) is 39.7 Å². The van der Waals surface area contributed by atoms with Crippen molar-refractivity contribution in [2.45, 2.75) is 83.7 Å². The average Bonchev–Trinajstić information content (AvgIpc) is 3.79. The molecule has 256 valence electrons. The zero-order valence-electron chi connectivity index (χ0n) is 28.2. The number of para-hydroxylation sites is 1. The van der Waals surface area contributed by atoms with Gasteiger partial charge in [0.2, 0.25) is 12.0 Å². The average molecular weight is 663 g/mol. The van der Waals surface area contributed by atoms with E-state index in [-0.39, 0.29) is 18.1 Å². The normalized spacial score (nSPS) is 14.1. The van der Waals surface area contributed by atoms with E-state index in [1.54, 1.807) is 24.3 Å². The lowest BCUT2D eigenvalue weighted by Gasteiger charge is -2.06. The molecular weight excluding hydrogens is 616 g/mol. The van der Waals surface area contributed by atoms with Gasteiger partial charge in [-0.1, -0.05) is 131 Å². The molecule has 2 heterocycles. The number of hydrogen-bond acceptors (Lipinski definition) is 6. The number of amides is 1. The van der Waals surface area contributed by atoms with Crippen molar-refractivity contribution in [2.75, 3.05) is 6.54 Å². The molecule has 4 N–H and O–H groups in total. The highest BCUT2D eigenvalue weighted by molar-refractivity contribution is 6.03. The third kappa shape index (κ3) is 9.92. The van der Waals surface area contributed by atoms with E-state index in [1.807, 2.05) is 60.7 Å². The molecule has 0 saturated carbocycles. The SMILES string of the molecule is CCCCCCCCCCCCNC(=O)C=Cc1ccc(-c2[nH]c(-c3ccccc3O)nc2-c2ccc(C3=NOC(C(=O)O)C3)cc2)cc1. The number of phenolic OH excluding ortho intramolecular Hbond substituents is 1. The quantitative estimate of drug-likeness (QED) is 0.0621. The lowest BCUT2D eigenvalue weighted by Crippen LogP contribution is -2.21. The van der Waals surface area contributed by atoms with Crippen molar-refractivity contribution >= 4 is 23.7 Å². The largest absolute Gasteiger partial charge is 0.507 e. The fraction of sp³-hybridized carbons (Fsp3) is 0.350. The minimum absolute atomic E-state index is 0.0970. The number of aromatic hydroxyl groups is 1. The molecule has 1 aliphatic heterocycles. The molecule has 1 unspecified atom stereocenters. The summed E-state index contributed by atoms with van der Waals surface area (Å²) in [5, 5.41) is 26.7. The summed E-state index contributed by atoms with van der Waals surface area (Å²) in [5.74, 6) is -0.505. The number of benzene rings is 3. The molecule has 0 radical (unpaired) electrons. The van der Waals surface area contributed by atoms with Gasteiger partial charge >= 0.3 is 5.97 Å². The third-order valence-corrected chi connectivity index (χ3v) is 8.75. The summed E-state index contributed by atoms with van der Waals surface area (Å²) < 4.78 is 0. The van der Waals surface area contributed by atoms with Crippen molar-refractivity contribution in [3.05, 3.63) is 90.0 Å². The van der Waals surface area contributed by atoms with Gasteiger partial charge in [-0.2, -0.15) is 0 Å². The van der Waals surface area contributed by atoms with Gasteiger partial charge in [0.1, 0.15) is 11.6 Å². The Labute approximate surface area is 288 Å². The minimum Gasteiger partial charge on any atom is -0.507 e. The van der Waals surface area contributed by atoms with Crippen molar-refractivity contribution in [2.24, 2.45) is 5.16 Å². The minimum atomic E-state index is -1.04. The Kier molecular flexibility index (Phi) is 12.8. The number of hydrogen-bond donors (Lipinski definition) is 4. The standard InChI is InChI=1S/C40H46N4O5/c1-2-3-4-5-6-7-8-9-10-13-26-41-36(46)25-18-28-16-19-30(20-17-28)37-38(43-39(42-37)32-14-11-12-15-34(32)45)31-23-21-29(22-24-31)33-27-35(40(47)48)49-44-33/h11-12,14-25,35,45H,2-10,13,26-27H2,1H3,(H,41,46)(H,42,43)(H,47,48). The summed E-state index contributed by atoms with van der Waals surface area (Å²) >= 11 is 0. The van der Waals surface area contributed by atoms with Crippen molar-refractivity contribution in [1.82, 2.24) is 15.3 Å². The van der Waals surface area contributed by atoms with Crippen LogP contribution in [-0.2, 0) is 14.4 Å². The highest BCUT2D eigenvalue weighted by Gasteiger charge is 2.28. The van der Waals surface area contributed by atoms with Crippen LogP contribution >= 0.6 is 0 Å². The van der Waals surface area contributed by atoms with Crippen LogP contribution in [0.25, 0.3) is 40.0 Å². The highest BCUT2D eigenvalue weighted by Crippen LogP contribution is 2.36. The van der Waals surface area contributed by atoms with Gasteiger partial charge in [0.05, 0.1) is 22.7 Å². The first kappa shape index (κ1) is 35.1. The summed E-state index contributed by atoms with van der Waals surface area (Å²) in [7, 11) is 0. The maximum atomic E-state index is 12.4. The summed E-state index contributed by atoms with van der Waals surface area (Å²) in [6.07, 6.45) is 15.2. The summed E-state index contributed by atoms with van der Waals surface area (Å²) in [5.41, 5.74) is 5.98. The van der Waals surface area contributed by atoms with Gasteiger partial charge in [-0.3, -0.25) is 4.79 Å². The number of aliphatic carboxylic acids is 1. The van der Waals surface area contributed by atoms with Crippen molar-refractivity contribution in [1.29, 1.82) is 0 Å². The molecule has 0 saturated heterocycles. The number of carboxylic acid groups (broad SMARTS) is 1. The number of nitrogens with one attached hydrogen (secondary N) is 2. The molecule has 0 bridgehead atoms. The van der Waals surface area contributed by atoms with Crippen LogP contribution < -0.4 is 5.32 Å². The number of carbonyl (C=O) groups excluding carboxylic acids is 1. The number of aromatic amines is 1. The third-order valence-electron chi connectivity index (χ3n) is 8.75. The molecule has 9 heteroatoms. The fourth-order valence-electron chi connectivity index (χ4n) is 5.91. The second kappa shape index (κ2) is 17.8. The molecule has 9 nitrogen and oxygen atoms in total. The Morgan fingerprint density at radius 2 is 1.49 bits per heavy atom. The number of phenols is 1. The van der Waals surface area contributed by atoms with E-state index < -0.39 is 12.1 Å². The molecule has 1 aliphatic rings. The molecule has 0 spiro atoms. The van der Waals surface area contributed by atoms with E-state index in [0.29, 0.717) is 29.3 Å². The number of aromatic nitrogens is 2. The van der Waals surface area contributed by atoms with Gasteiger partial charge in [0.15, 0.2) is 0 Å². The van der Waals surface area contributed by atoms with Gasteiger partial charge in [-0.05, 0) is 35.8 Å². The van der Waals surface area contributed by atoms with Crippen molar-refractivity contribution in [3.63, 3.8) is 0 Å². The monoisotopic (exact) mass is 662 g/mol. The summed E-state index contributed by atoms with van der Waals surface area (Å²) in [4.78, 5) is 37.0. The molecule has 49 heavy (non-hydrogen) atoms. The Bertz CT molecular complexity index is 1740. The predicted molar refractivity (Wildman–Crippen MR) is 194 cm³/mol. The zero-order valence-corrected chi connectivity index (χ0v) is 28.2. The first-order valence-electron chi connectivity index (χ1n) is 17.4.